The van der Waals surface area contributed by atoms with Crippen molar-refractivity contribution in [3.63, 3.8) is 0 Å². The Morgan fingerprint density at radius 2 is 1.82 bits per heavy atom. The number of hydrogen-bond donors (Lipinski definition) is 0. The molecule has 0 heterocycles. The van der Waals surface area contributed by atoms with Crippen LogP contribution in [0.5, 0.6) is 0 Å². The highest BCUT2D eigenvalue weighted by Crippen LogP contribution is 2.19. The molecule has 0 aliphatic carbocycles. The van der Waals surface area contributed by atoms with E-state index in [2.05, 4.69) is 4.18 Å². The van der Waals surface area contributed by atoms with E-state index >= 15 is 0 Å². The Hall–Kier alpha value is -0.630. The van der Waals surface area contributed by atoms with Gasteiger partial charge in [0.2, 0.25) is 0 Å². The van der Waals surface area contributed by atoms with E-state index < -0.39 is 22.3 Å². The molecule has 0 bridgehead atoms. The third-order valence-corrected chi connectivity index (χ3v) is 0.997. The van der Waals surface area contributed by atoms with Gasteiger partial charge in [-0.2, -0.15) is 25.8 Å². The maximum Gasteiger partial charge on any atom is 0.463 e. The highest BCUT2D eigenvalue weighted by atomic mass is 32.2. The van der Waals surface area contributed by atoms with Crippen molar-refractivity contribution < 1.29 is 30.6 Å². The molecular weight excluding hydrogens is 189 g/mol. The molecule has 0 unspecified atom stereocenters. The molecule has 0 N–H and O–H groups in total. The third-order valence-electron chi connectivity index (χ3n) is 0.485. The van der Waals surface area contributed by atoms with E-state index in [0.29, 0.717) is 0 Å². The van der Waals surface area contributed by atoms with Gasteiger partial charge >= 0.3 is 12.1 Å². The van der Waals surface area contributed by atoms with Crippen LogP contribution in [0.3, 0.4) is 0 Å². The summed E-state index contributed by atoms with van der Waals surface area (Å²) >= 11 is 0. The molecule has 66 valence electrons. The summed E-state index contributed by atoms with van der Waals surface area (Å²) in [4.78, 5) is 9.34. The molecule has 0 amide bonds. The average molecular weight is 192 g/mol. The van der Waals surface area contributed by atoms with Crippen molar-refractivity contribution in [2.45, 2.75) is 6.11 Å². The van der Waals surface area contributed by atoms with Crippen molar-refractivity contribution in [3.05, 3.63) is 0 Å². The summed E-state index contributed by atoms with van der Waals surface area (Å²) in [6, 6.07) is -3.15. The first-order valence-electron chi connectivity index (χ1n) is 2.13. The largest absolute Gasteiger partial charge is 0.463 e. The zero-order chi connectivity index (χ0) is 9.28. The van der Waals surface area contributed by atoms with Crippen molar-refractivity contribution >= 4 is 16.2 Å². The number of rotatable bonds is 3. The fourth-order valence-corrected chi connectivity index (χ4v) is 0.669. The summed E-state index contributed by atoms with van der Waals surface area (Å²) < 4.78 is 57.3. The molecule has 0 atom stereocenters. The highest BCUT2D eigenvalue weighted by molar-refractivity contribution is 7.86. The molecule has 0 spiro atoms. The van der Waals surface area contributed by atoms with E-state index in [-0.39, 0.29) is 6.26 Å². The van der Waals surface area contributed by atoms with Crippen LogP contribution in [0.25, 0.3) is 0 Å². The lowest BCUT2D eigenvalue weighted by Gasteiger charge is -2.07. The van der Waals surface area contributed by atoms with Gasteiger partial charge in [0, 0.05) is 0 Å². The highest BCUT2D eigenvalue weighted by Gasteiger charge is 2.44. The summed E-state index contributed by atoms with van der Waals surface area (Å²) in [5.41, 5.74) is 0. The minimum atomic E-state index is -4.91. The predicted octanol–water partition coefficient (Wildman–Crippen LogP) is 0.0515. The number of carbonyl (C=O) groups is 1. The van der Waals surface area contributed by atoms with Crippen LogP contribution < -0.4 is 0 Å². The molecular formula is C3H3F3O4S. The van der Waals surface area contributed by atoms with Gasteiger partial charge in [0.25, 0.3) is 10.1 Å². The fraction of sp³-hybridized carbons (Fsp3) is 0.667. The lowest BCUT2D eigenvalue weighted by molar-refractivity contribution is -0.200. The molecule has 0 rings (SSSR count). The van der Waals surface area contributed by atoms with Crippen molar-refractivity contribution in [2.24, 2.45) is 0 Å². The molecule has 11 heavy (non-hydrogen) atoms. The first-order chi connectivity index (χ1) is 4.65. The van der Waals surface area contributed by atoms with Crippen molar-refractivity contribution in [1.29, 1.82) is 0 Å². The van der Waals surface area contributed by atoms with E-state index in [1.165, 1.54) is 0 Å². The van der Waals surface area contributed by atoms with Crippen LogP contribution in [-0.2, 0) is 19.1 Å². The molecule has 0 aliphatic heterocycles. The fourth-order valence-electron chi connectivity index (χ4n) is 0.223. The van der Waals surface area contributed by atoms with Crippen LogP contribution in [0.2, 0.25) is 0 Å². The number of carbonyl (C=O) groups excluding carboxylic acids is 1. The quantitative estimate of drug-likeness (QED) is 0.468. The Balaban J connectivity index is 4.51. The Morgan fingerprint density at radius 1 is 1.45 bits per heavy atom. The molecule has 0 saturated carbocycles. The molecule has 0 aliphatic rings. The standard InChI is InChI=1S/C3H3F3O4S/c1-11(8,9)10-3(5,6)2(4)7/h1H3. The van der Waals surface area contributed by atoms with Gasteiger partial charge in [-0.1, -0.05) is 0 Å². The Labute approximate surface area is 60.1 Å². The second kappa shape index (κ2) is 2.78. The van der Waals surface area contributed by atoms with E-state index in [0.717, 1.165) is 0 Å². The molecule has 0 aromatic rings. The molecule has 0 radical (unpaired) electrons. The molecule has 0 aromatic carbocycles. The molecule has 0 fully saturated rings. The summed E-state index contributed by atoms with van der Waals surface area (Å²) in [5.74, 6) is 0. The van der Waals surface area contributed by atoms with Gasteiger partial charge < -0.3 is 0 Å². The van der Waals surface area contributed by atoms with E-state index in [9.17, 15) is 26.4 Å². The van der Waals surface area contributed by atoms with Gasteiger partial charge in [-0.15, -0.1) is 0 Å². The van der Waals surface area contributed by atoms with Gasteiger partial charge in [-0.25, -0.2) is 0 Å². The summed E-state index contributed by atoms with van der Waals surface area (Å²) in [5, 5.41) is 0. The zero-order valence-corrected chi connectivity index (χ0v) is 5.99. The molecule has 4 nitrogen and oxygen atoms in total. The SMILES string of the molecule is CS(=O)(=O)OC(F)(F)C(=O)F. The zero-order valence-electron chi connectivity index (χ0n) is 5.18. The van der Waals surface area contributed by atoms with E-state index in [1.807, 2.05) is 0 Å². The Kier molecular flexibility index (Phi) is 2.62. The maximum atomic E-state index is 11.7. The minimum absolute atomic E-state index is 0.268. The lowest BCUT2D eigenvalue weighted by Crippen LogP contribution is -2.31. The second-order valence-corrected chi connectivity index (χ2v) is 3.15. The Morgan fingerprint density at radius 3 is 1.91 bits per heavy atom. The van der Waals surface area contributed by atoms with Crippen molar-refractivity contribution in [2.75, 3.05) is 6.26 Å². The monoisotopic (exact) mass is 192 g/mol. The second-order valence-electron chi connectivity index (χ2n) is 1.58. The summed E-state index contributed by atoms with van der Waals surface area (Å²) in [6.45, 7) is 0. The van der Waals surface area contributed by atoms with Crippen molar-refractivity contribution in [1.82, 2.24) is 0 Å². The van der Waals surface area contributed by atoms with Gasteiger partial charge in [-0.05, 0) is 0 Å². The van der Waals surface area contributed by atoms with Crippen molar-refractivity contribution in [3.8, 4) is 0 Å². The summed E-state index contributed by atoms with van der Waals surface area (Å²) in [6.07, 6.45) is -4.64. The van der Waals surface area contributed by atoms with Gasteiger partial charge in [0.05, 0.1) is 6.26 Å². The number of hydrogen-bond acceptors (Lipinski definition) is 4. The van der Waals surface area contributed by atoms with Crippen LogP contribution in [0.4, 0.5) is 13.2 Å². The van der Waals surface area contributed by atoms with Crippen LogP contribution in [0.15, 0.2) is 0 Å². The predicted molar refractivity (Wildman–Crippen MR) is 27.0 cm³/mol. The lowest BCUT2D eigenvalue weighted by atomic mass is 10.7. The number of halogens is 3. The average Bonchev–Trinajstić information content (AvgIpc) is 1.56. The summed E-state index contributed by atoms with van der Waals surface area (Å²) in [7, 11) is -4.54. The van der Waals surface area contributed by atoms with E-state index in [4.69, 9.17) is 0 Å². The van der Waals surface area contributed by atoms with Crippen LogP contribution in [0.1, 0.15) is 0 Å². The molecule has 0 saturated heterocycles. The van der Waals surface area contributed by atoms with Gasteiger partial charge in [-0.3, -0.25) is 4.79 Å². The maximum absolute atomic E-state index is 11.7. The molecule has 0 aromatic heterocycles. The number of alkyl halides is 2. The van der Waals surface area contributed by atoms with Gasteiger partial charge in [0.15, 0.2) is 0 Å². The Bertz CT molecular complexity index is 256. The van der Waals surface area contributed by atoms with Crippen LogP contribution in [0, 0.1) is 0 Å². The van der Waals surface area contributed by atoms with E-state index in [1.54, 1.807) is 0 Å². The topological polar surface area (TPSA) is 60.4 Å². The smallest absolute Gasteiger partial charge is 0.251 e. The minimum Gasteiger partial charge on any atom is -0.251 e. The van der Waals surface area contributed by atoms with Gasteiger partial charge in [0.1, 0.15) is 0 Å². The van der Waals surface area contributed by atoms with Crippen LogP contribution in [-0.4, -0.2) is 26.8 Å². The van der Waals surface area contributed by atoms with Crippen LogP contribution >= 0.6 is 0 Å². The first-order valence-corrected chi connectivity index (χ1v) is 3.95. The normalized spacial score (nSPS) is 13.1. The third kappa shape index (κ3) is 3.94. The molecule has 8 heteroatoms. The first kappa shape index (κ1) is 10.4.